The first-order valence-corrected chi connectivity index (χ1v) is 5.26. The summed E-state index contributed by atoms with van der Waals surface area (Å²) in [6.45, 7) is 8.41. The molecule has 1 heterocycles. The summed E-state index contributed by atoms with van der Waals surface area (Å²) in [6.07, 6.45) is 1.57. The standard InChI is InChI=1S/C10H22N2O/c1-4-9(2)11-7-10-8-12(3)5-6-13-10/h9-11H,4-8H2,1-3H3/t9-,10-/m1/s1. The second kappa shape index (κ2) is 5.58. The van der Waals surface area contributed by atoms with E-state index in [1.54, 1.807) is 0 Å². The van der Waals surface area contributed by atoms with E-state index in [-0.39, 0.29) is 0 Å². The normalized spacial score (nSPS) is 27.5. The van der Waals surface area contributed by atoms with Crippen LogP contribution in [0.25, 0.3) is 0 Å². The predicted octanol–water partition coefficient (Wildman–Crippen LogP) is 0.705. The van der Waals surface area contributed by atoms with Gasteiger partial charge in [0.1, 0.15) is 0 Å². The third-order valence-electron chi connectivity index (χ3n) is 2.65. The van der Waals surface area contributed by atoms with Crippen molar-refractivity contribution < 1.29 is 4.74 Å². The van der Waals surface area contributed by atoms with E-state index in [2.05, 4.69) is 31.1 Å². The van der Waals surface area contributed by atoms with Gasteiger partial charge < -0.3 is 15.0 Å². The molecule has 1 aliphatic rings. The number of likely N-dealkylation sites (N-methyl/N-ethyl adjacent to an activating group) is 1. The Morgan fingerprint density at radius 2 is 2.38 bits per heavy atom. The molecule has 1 N–H and O–H groups in total. The highest BCUT2D eigenvalue weighted by Gasteiger charge is 2.17. The predicted molar refractivity (Wildman–Crippen MR) is 55.0 cm³/mol. The Bertz CT molecular complexity index is 141. The summed E-state index contributed by atoms with van der Waals surface area (Å²) in [5.74, 6) is 0. The minimum absolute atomic E-state index is 0.382. The van der Waals surface area contributed by atoms with Gasteiger partial charge in [-0.1, -0.05) is 6.92 Å². The van der Waals surface area contributed by atoms with Gasteiger partial charge in [-0.3, -0.25) is 0 Å². The number of nitrogens with zero attached hydrogens (tertiary/aromatic N) is 1. The maximum atomic E-state index is 5.64. The van der Waals surface area contributed by atoms with E-state index in [0.29, 0.717) is 12.1 Å². The van der Waals surface area contributed by atoms with Gasteiger partial charge >= 0.3 is 0 Å². The van der Waals surface area contributed by atoms with Crippen molar-refractivity contribution in [1.82, 2.24) is 10.2 Å². The molecule has 1 fully saturated rings. The van der Waals surface area contributed by atoms with Gasteiger partial charge in [0.25, 0.3) is 0 Å². The lowest BCUT2D eigenvalue weighted by molar-refractivity contribution is -0.0190. The summed E-state index contributed by atoms with van der Waals surface area (Å²) >= 11 is 0. The van der Waals surface area contributed by atoms with E-state index in [9.17, 15) is 0 Å². The monoisotopic (exact) mass is 186 g/mol. The summed E-state index contributed by atoms with van der Waals surface area (Å²) in [5.41, 5.74) is 0. The van der Waals surface area contributed by atoms with E-state index >= 15 is 0 Å². The molecule has 0 saturated carbocycles. The molecule has 0 bridgehead atoms. The second-order valence-corrected chi connectivity index (χ2v) is 3.97. The second-order valence-electron chi connectivity index (χ2n) is 3.97. The third kappa shape index (κ3) is 4.07. The van der Waals surface area contributed by atoms with Crippen LogP contribution in [0, 0.1) is 0 Å². The molecule has 3 nitrogen and oxygen atoms in total. The third-order valence-corrected chi connectivity index (χ3v) is 2.65. The van der Waals surface area contributed by atoms with Gasteiger partial charge in [0.15, 0.2) is 0 Å². The van der Waals surface area contributed by atoms with Gasteiger partial charge in [-0.2, -0.15) is 0 Å². The van der Waals surface area contributed by atoms with Crippen molar-refractivity contribution in [3.05, 3.63) is 0 Å². The average Bonchev–Trinajstić information content (AvgIpc) is 2.14. The van der Waals surface area contributed by atoms with Crippen LogP contribution in [0.3, 0.4) is 0 Å². The number of rotatable bonds is 4. The molecule has 0 aromatic heterocycles. The molecule has 0 aromatic carbocycles. The summed E-state index contributed by atoms with van der Waals surface area (Å²) in [6, 6.07) is 0.607. The zero-order valence-electron chi connectivity index (χ0n) is 9.05. The summed E-state index contributed by atoms with van der Waals surface area (Å²) < 4.78 is 5.64. The fraction of sp³-hybridized carbons (Fsp3) is 1.00. The number of hydrogen-bond donors (Lipinski definition) is 1. The van der Waals surface area contributed by atoms with Crippen LogP contribution in [0.1, 0.15) is 20.3 Å². The molecular weight excluding hydrogens is 164 g/mol. The van der Waals surface area contributed by atoms with Crippen LogP contribution >= 0.6 is 0 Å². The lowest BCUT2D eigenvalue weighted by Gasteiger charge is -2.30. The van der Waals surface area contributed by atoms with Crippen molar-refractivity contribution in [2.75, 3.05) is 33.3 Å². The van der Waals surface area contributed by atoms with E-state index in [4.69, 9.17) is 4.74 Å². The van der Waals surface area contributed by atoms with Crippen molar-refractivity contribution >= 4 is 0 Å². The molecule has 13 heavy (non-hydrogen) atoms. The summed E-state index contributed by atoms with van der Waals surface area (Å²) in [5, 5.41) is 3.47. The minimum atomic E-state index is 0.382. The number of hydrogen-bond acceptors (Lipinski definition) is 3. The molecule has 0 aliphatic carbocycles. The van der Waals surface area contributed by atoms with E-state index in [1.165, 1.54) is 6.42 Å². The zero-order chi connectivity index (χ0) is 9.68. The van der Waals surface area contributed by atoms with E-state index in [0.717, 1.165) is 26.2 Å². The Kier molecular flexibility index (Phi) is 4.70. The van der Waals surface area contributed by atoms with Gasteiger partial charge in [0.2, 0.25) is 0 Å². The maximum absolute atomic E-state index is 5.64. The van der Waals surface area contributed by atoms with Gasteiger partial charge in [-0.25, -0.2) is 0 Å². The lowest BCUT2D eigenvalue weighted by Crippen LogP contribution is -2.46. The zero-order valence-corrected chi connectivity index (χ0v) is 9.05. The SMILES string of the molecule is CC[C@@H](C)NC[C@@H]1CN(C)CCO1. The highest BCUT2D eigenvalue weighted by Crippen LogP contribution is 2.02. The molecule has 1 saturated heterocycles. The Hall–Kier alpha value is -0.120. The number of nitrogens with one attached hydrogen (secondary N) is 1. The van der Waals surface area contributed by atoms with Gasteiger partial charge in [-0.05, 0) is 20.4 Å². The van der Waals surface area contributed by atoms with E-state index < -0.39 is 0 Å². The van der Waals surface area contributed by atoms with Crippen LogP contribution in [0.15, 0.2) is 0 Å². The van der Waals surface area contributed by atoms with Gasteiger partial charge in [0, 0.05) is 25.7 Å². The van der Waals surface area contributed by atoms with E-state index in [1.807, 2.05) is 0 Å². The summed E-state index contributed by atoms with van der Waals surface area (Å²) in [4.78, 5) is 2.33. The van der Waals surface area contributed by atoms with Crippen LogP contribution < -0.4 is 5.32 Å². The quantitative estimate of drug-likeness (QED) is 0.699. The molecule has 1 rings (SSSR count). The molecular formula is C10H22N2O. The fourth-order valence-corrected chi connectivity index (χ4v) is 1.47. The molecule has 2 atom stereocenters. The van der Waals surface area contributed by atoms with Crippen LogP contribution in [-0.4, -0.2) is 50.3 Å². The highest BCUT2D eigenvalue weighted by molar-refractivity contribution is 4.72. The topological polar surface area (TPSA) is 24.5 Å². The fourth-order valence-electron chi connectivity index (χ4n) is 1.47. The van der Waals surface area contributed by atoms with Crippen molar-refractivity contribution in [2.24, 2.45) is 0 Å². The van der Waals surface area contributed by atoms with Crippen LogP contribution in [-0.2, 0) is 4.74 Å². The van der Waals surface area contributed by atoms with Crippen molar-refractivity contribution in [3.8, 4) is 0 Å². The Morgan fingerprint density at radius 3 is 3.00 bits per heavy atom. The molecule has 0 unspecified atom stereocenters. The molecule has 0 amide bonds. The van der Waals surface area contributed by atoms with Crippen molar-refractivity contribution in [3.63, 3.8) is 0 Å². The number of morpholine rings is 1. The average molecular weight is 186 g/mol. The van der Waals surface area contributed by atoms with Crippen LogP contribution in [0.2, 0.25) is 0 Å². The first-order chi connectivity index (χ1) is 6.22. The van der Waals surface area contributed by atoms with Gasteiger partial charge in [-0.15, -0.1) is 0 Å². The first kappa shape index (κ1) is 11.0. The molecule has 1 aliphatic heterocycles. The molecule has 78 valence electrons. The molecule has 0 spiro atoms. The van der Waals surface area contributed by atoms with Crippen LogP contribution in [0.4, 0.5) is 0 Å². The highest BCUT2D eigenvalue weighted by atomic mass is 16.5. The Morgan fingerprint density at radius 1 is 1.62 bits per heavy atom. The minimum Gasteiger partial charge on any atom is -0.374 e. The smallest absolute Gasteiger partial charge is 0.0826 e. The maximum Gasteiger partial charge on any atom is 0.0826 e. The molecule has 0 aromatic rings. The van der Waals surface area contributed by atoms with Crippen molar-refractivity contribution in [1.29, 1.82) is 0 Å². The number of ether oxygens (including phenoxy) is 1. The largest absolute Gasteiger partial charge is 0.374 e. The Balaban J connectivity index is 2.13. The Labute approximate surface area is 81.4 Å². The first-order valence-electron chi connectivity index (χ1n) is 5.26. The van der Waals surface area contributed by atoms with Crippen molar-refractivity contribution in [2.45, 2.75) is 32.4 Å². The lowest BCUT2D eigenvalue weighted by atomic mass is 10.2. The summed E-state index contributed by atoms with van der Waals surface area (Å²) in [7, 11) is 2.15. The van der Waals surface area contributed by atoms with Gasteiger partial charge in [0.05, 0.1) is 12.7 Å². The van der Waals surface area contributed by atoms with Crippen LogP contribution in [0.5, 0.6) is 0 Å². The molecule has 0 radical (unpaired) electrons. The molecule has 3 heteroatoms.